The summed E-state index contributed by atoms with van der Waals surface area (Å²) in [5.41, 5.74) is 1.07. The van der Waals surface area contributed by atoms with E-state index >= 15 is 0 Å². The molecule has 1 aromatic heterocycles. The first-order chi connectivity index (χ1) is 13.2. The van der Waals surface area contributed by atoms with Crippen LogP contribution in [0.2, 0.25) is 0 Å². The number of rotatable bonds is 8. The highest BCUT2D eigenvalue weighted by atomic mass is 16.5. The second kappa shape index (κ2) is 9.32. The third-order valence-electron chi connectivity index (χ3n) is 4.41. The van der Waals surface area contributed by atoms with Gasteiger partial charge >= 0.3 is 0 Å². The molecule has 0 aliphatic carbocycles. The van der Waals surface area contributed by atoms with Gasteiger partial charge in [0.15, 0.2) is 5.75 Å². The van der Waals surface area contributed by atoms with E-state index in [0.717, 1.165) is 43.2 Å². The average Bonchev–Trinajstić information content (AvgIpc) is 3.15. The first kappa shape index (κ1) is 19.1. The van der Waals surface area contributed by atoms with Gasteiger partial charge in [-0.25, -0.2) is 9.97 Å². The molecule has 1 amide bonds. The second-order valence-corrected chi connectivity index (χ2v) is 6.42. The Kier molecular flexibility index (Phi) is 6.59. The molecular weight excluding hydrogens is 344 g/mol. The van der Waals surface area contributed by atoms with Crippen LogP contribution in [0, 0.1) is 0 Å². The normalized spacial score (nSPS) is 16.4. The smallest absolute Gasteiger partial charge is 0.246 e. The third-order valence-corrected chi connectivity index (χ3v) is 4.41. The molecule has 0 spiro atoms. The number of hydrogen-bond donors (Lipinski definition) is 1. The lowest BCUT2D eigenvalue weighted by Crippen LogP contribution is -2.39. The van der Waals surface area contributed by atoms with Crippen LogP contribution in [0.3, 0.4) is 0 Å². The molecule has 1 saturated heterocycles. The predicted octanol–water partition coefficient (Wildman–Crippen LogP) is 2.56. The minimum atomic E-state index is -0.0590. The predicted molar refractivity (Wildman–Crippen MR) is 103 cm³/mol. The Bertz CT molecular complexity index is 751. The maximum atomic E-state index is 11.8. The molecular formula is C20H26N4O3. The molecule has 2 heterocycles. The molecule has 1 aliphatic rings. The molecule has 2 aromatic rings. The molecule has 7 nitrogen and oxygen atoms in total. The van der Waals surface area contributed by atoms with E-state index in [1.807, 2.05) is 38.1 Å². The summed E-state index contributed by atoms with van der Waals surface area (Å²) in [6.07, 6.45) is 5.10. The van der Waals surface area contributed by atoms with Gasteiger partial charge in [0.05, 0.1) is 12.4 Å². The van der Waals surface area contributed by atoms with Crippen LogP contribution in [0.15, 0.2) is 36.7 Å². The Morgan fingerprint density at radius 2 is 2.07 bits per heavy atom. The fourth-order valence-corrected chi connectivity index (χ4v) is 3.03. The molecule has 0 bridgehead atoms. The van der Waals surface area contributed by atoms with E-state index in [9.17, 15) is 4.79 Å². The molecule has 144 valence electrons. The molecule has 0 saturated carbocycles. The summed E-state index contributed by atoms with van der Waals surface area (Å²) in [6.45, 7) is 6.22. The lowest BCUT2D eigenvalue weighted by Gasteiger charge is -2.20. The van der Waals surface area contributed by atoms with Gasteiger partial charge in [0.25, 0.3) is 0 Å². The van der Waals surface area contributed by atoms with Gasteiger partial charge in [0.1, 0.15) is 18.2 Å². The van der Waals surface area contributed by atoms with E-state index < -0.39 is 0 Å². The van der Waals surface area contributed by atoms with E-state index in [-0.39, 0.29) is 18.6 Å². The maximum absolute atomic E-state index is 11.8. The van der Waals surface area contributed by atoms with Gasteiger partial charge in [-0.1, -0.05) is 13.0 Å². The van der Waals surface area contributed by atoms with Gasteiger partial charge < -0.3 is 19.7 Å². The number of aromatic nitrogens is 2. The number of carbonyl (C=O) groups is 1. The SMILES string of the molecule is CCOCC(=O)NC1CCN(c2cccc(Oc3cnc(CC)nc3)c2)C1. The van der Waals surface area contributed by atoms with Crippen molar-refractivity contribution in [3.8, 4) is 11.5 Å². The lowest BCUT2D eigenvalue weighted by molar-refractivity contribution is -0.126. The van der Waals surface area contributed by atoms with Crippen molar-refractivity contribution in [3.05, 3.63) is 42.5 Å². The monoisotopic (exact) mass is 370 g/mol. The van der Waals surface area contributed by atoms with Gasteiger partial charge in [0, 0.05) is 43.9 Å². The van der Waals surface area contributed by atoms with Crippen molar-refractivity contribution >= 4 is 11.6 Å². The Morgan fingerprint density at radius 1 is 1.26 bits per heavy atom. The third kappa shape index (κ3) is 5.40. The van der Waals surface area contributed by atoms with E-state index in [2.05, 4.69) is 20.2 Å². The highest BCUT2D eigenvalue weighted by Crippen LogP contribution is 2.27. The first-order valence-corrected chi connectivity index (χ1v) is 9.38. The number of ether oxygens (including phenoxy) is 2. The van der Waals surface area contributed by atoms with Crippen molar-refractivity contribution < 1.29 is 14.3 Å². The molecule has 1 N–H and O–H groups in total. The van der Waals surface area contributed by atoms with Gasteiger partial charge in [0.2, 0.25) is 5.91 Å². The fraction of sp³-hybridized carbons (Fsp3) is 0.450. The molecule has 0 radical (unpaired) electrons. The highest BCUT2D eigenvalue weighted by Gasteiger charge is 2.24. The number of nitrogens with one attached hydrogen (secondary N) is 1. The van der Waals surface area contributed by atoms with Crippen molar-refractivity contribution in [2.45, 2.75) is 32.7 Å². The minimum Gasteiger partial charge on any atom is -0.454 e. The molecule has 1 unspecified atom stereocenters. The number of carbonyl (C=O) groups excluding carboxylic acids is 1. The standard InChI is InChI=1S/C20H26N4O3/c1-3-19-21-11-18(12-22-19)27-17-7-5-6-16(10-17)24-9-8-15(13-24)23-20(25)14-26-4-2/h5-7,10-12,15H,3-4,8-9,13-14H2,1-2H3,(H,23,25). The quantitative estimate of drug-likeness (QED) is 0.770. The number of anilines is 1. The summed E-state index contributed by atoms with van der Waals surface area (Å²) >= 11 is 0. The van der Waals surface area contributed by atoms with E-state index in [0.29, 0.717) is 12.4 Å². The second-order valence-electron chi connectivity index (χ2n) is 6.42. The van der Waals surface area contributed by atoms with Crippen molar-refractivity contribution in [1.82, 2.24) is 15.3 Å². The topological polar surface area (TPSA) is 76.6 Å². The summed E-state index contributed by atoms with van der Waals surface area (Å²) in [4.78, 5) is 22.6. The largest absolute Gasteiger partial charge is 0.454 e. The summed E-state index contributed by atoms with van der Waals surface area (Å²) < 4.78 is 11.0. The van der Waals surface area contributed by atoms with Crippen LogP contribution in [0.4, 0.5) is 5.69 Å². The number of nitrogens with zero attached hydrogens (tertiary/aromatic N) is 3. The van der Waals surface area contributed by atoms with E-state index in [1.165, 1.54) is 0 Å². The van der Waals surface area contributed by atoms with Crippen LogP contribution in [-0.4, -0.2) is 48.2 Å². The summed E-state index contributed by atoms with van der Waals surface area (Å²) in [5.74, 6) is 2.10. The molecule has 1 aliphatic heterocycles. The van der Waals surface area contributed by atoms with Gasteiger partial charge in [-0.05, 0) is 25.5 Å². The van der Waals surface area contributed by atoms with Crippen LogP contribution in [0.25, 0.3) is 0 Å². The van der Waals surface area contributed by atoms with Crippen LogP contribution in [0.5, 0.6) is 11.5 Å². The first-order valence-electron chi connectivity index (χ1n) is 9.38. The van der Waals surface area contributed by atoms with Gasteiger partial charge in [-0.2, -0.15) is 0 Å². The lowest BCUT2D eigenvalue weighted by atomic mass is 10.2. The van der Waals surface area contributed by atoms with Crippen LogP contribution < -0.4 is 15.0 Å². The summed E-state index contributed by atoms with van der Waals surface area (Å²) in [7, 11) is 0. The Balaban J connectivity index is 1.58. The Labute approximate surface area is 159 Å². The number of aryl methyl sites for hydroxylation is 1. The zero-order valence-electron chi connectivity index (χ0n) is 15.9. The maximum Gasteiger partial charge on any atom is 0.246 e. The van der Waals surface area contributed by atoms with Crippen LogP contribution in [-0.2, 0) is 16.0 Å². The minimum absolute atomic E-state index is 0.0590. The van der Waals surface area contributed by atoms with Gasteiger partial charge in [-0.3, -0.25) is 4.79 Å². The molecule has 7 heteroatoms. The average molecular weight is 370 g/mol. The van der Waals surface area contributed by atoms with E-state index in [1.54, 1.807) is 12.4 Å². The van der Waals surface area contributed by atoms with Crippen molar-refractivity contribution in [3.63, 3.8) is 0 Å². The van der Waals surface area contributed by atoms with Crippen molar-refractivity contribution in [2.75, 3.05) is 31.2 Å². The Morgan fingerprint density at radius 3 is 2.81 bits per heavy atom. The summed E-state index contributed by atoms with van der Waals surface area (Å²) in [6, 6.07) is 8.06. The molecule has 27 heavy (non-hydrogen) atoms. The van der Waals surface area contributed by atoms with Crippen LogP contribution >= 0.6 is 0 Å². The van der Waals surface area contributed by atoms with Gasteiger partial charge in [-0.15, -0.1) is 0 Å². The highest BCUT2D eigenvalue weighted by molar-refractivity contribution is 5.77. The van der Waals surface area contributed by atoms with Crippen LogP contribution in [0.1, 0.15) is 26.1 Å². The zero-order chi connectivity index (χ0) is 19.1. The summed E-state index contributed by atoms with van der Waals surface area (Å²) in [5, 5.41) is 3.03. The zero-order valence-corrected chi connectivity index (χ0v) is 15.9. The fourth-order valence-electron chi connectivity index (χ4n) is 3.03. The number of benzene rings is 1. The molecule has 1 fully saturated rings. The number of amides is 1. The Hall–Kier alpha value is -2.67. The molecule has 1 aromatic carbocycles. The number of hydrogen-bond acceptors (Lipinski definition) is 6. The van der Waals surface area contributed by atoms with E-state index in [4.69, 9.17) is 9.47 Å². The molecule has 3 rings (SSSR count). The van der Waals surface area contributed by atoms with Crippen molar-refractivity contribution in [1.29, 1.82) is 0 Å². The molecule has 1 atom stereocenters. The van der Waals surface area contributed by atoms with Crippen molar-refractivity contribution in [2.24, 2.45) is 0 Å².